The maximum Gasteiger partial charge on any atom is 0.206 e. The number of anilines is 1. The van der Waals surface area contributed by atoms with Crippen LogP contribution < -0.4 is 10.1 Å². The van der Waals surface area contributed by atoms with Crippen LogP contribution in [0.4, 0.5) is 5.13 Å². The Hall–Kier alpha value is -1.28. The van der Waals surface area contributed by atoms with Crippen LogP contribution in [-0.4, -0.2) is 29.1 Å². The molecule has 3 aromatic rings. The second-order valence-corrected chi connectivity index (χ2v) is 8.52. The summed E-state index contributed by atoms with van der Waals surface area (Å²) in [6.07, 6.45) is 1.01. The van der Waals surface area contributed by atoms with E-state index in [1.165, 1.54) is 4.88 Å². The van der Waals surface area contributed by atoms with Gasteiger partial charge in [-0.15, -0.1) is 21.5 Å². The summed E-state index contributed by atoms with van der Waals surface area (Å²) in [4.78, 5) is 1.37. The Morgan fingerprint density at radius 1 is 1.17 bits per heavy atom. The van der Waals surface area contributed by atoms with E-state index in [0.29, 0.717) is 17.4 Å². The first kappa shape index (κ1) is 17.5. The van der Waals surface area contributed by atoms with E-state index in [1.807, 2.05) is 24.3 Å². The van der Waals surface area contributed by atoms with Crippen molar-refractivity contribution in [1.29, 1.82) is 0 Å². The number of ether oxygens (including phenoxy) is 1. The number of nitrogens with one attached hydrogen (secondary N) is 1. The van der Waals surface area contributed by atoms with Crippen molar-refractivity contribution in [3.05, 3.63) is 51.7 Å². The third kappa shape index (κ3) is 5.37. The molecule has 0 radical (unpaired) electrons. The molecule has 4 nitrogen and oxygen atoms in total. The van der Waals surface area contributed by atoms with Crippen LogP contribution in [0, 0.1) is 0 Å². The van der Waals surface area contributed by atoms with Crippen molar-refractivity contribution in [2.45, 2.75) is 10.8 Å². The minimum absolute atomic E-state index is 0.578. The summed E-state index contributed by atoms with van der Waals surface area (Å²) in [5, 5.41) is 15.3. The van der Waals surface area contributed by atoms with Crippen molar-refractivity contribution in [3.8, 4) is 5.75 Å². The third-order valence-corrected chi connectivity index (χ3v) is 6.26. The zero-order chi connectivity index (χ0) is 16.6. The Labute approximate surface area is 158 Å². The van der Waals surface area contributed by atoms with Crippen LogP contribution >= 0.6 is 46.0 Å². The number of hydrogen-bond acceptors (Lipinski definition) is 7. The minimum Gasteiger partial charge on any atom is -0.491 e. The van der Waals surface area contributed by atoms with Crippen LogP contribution in [0.5, 0.6) is 5.75 Å². The molecule has 0 spiro atoms. The quantitative estimate of drug-likeness (QED) is 0.403. The van der Waals surface area contributed by atoms with Crippen LogP contribution in [-0.2, 0) is 6.42 Å². The molecule has 0 fully saturated rings. The molecule has 0 bridgehead atoms. The fraction of sp³-hybridized carbons (Fsp3) is 0.250. The van der Waals surface area contributed by atoms with Gasteiger partial charge in [0.1, 0.15) is 5.75 Å². The van der Waals surface area contributed by atoms with Gasteiger partial charge in [0, 0.05) is 17.2 Å². The lowest BCUT2D eigenvalue weighted by Crippen LogP contribution is -2.03. The maximum absolute atomic E-state index is 6.05. The number of para-hydroxylation sites is 1. The predicted molar refractivity (Wildman–Crippen MR) is 104 cm³/mol. The third-order valence-electron chi connectivity index (χ3n) is 3.04. The highest BCUT2D eigenvalue weighted by Crippen LogP contribution is 2.27. The lowest BCUT2D eigenvalue weighted by atomic mass is 10.3. The minimum atomic E-state index is 0.578. The first-order valence-electron chi connectivity index (χ1n) is 7.41. The number of benzene rings is 1. The Bertz CT molecular complexity index is 749. The van der Waals surface area contributed by atoms with Crippen LogP contribution in [0.15, 0.2) is 46.1 Å². The van der Waals surface area contributed by atoms with Gasteiger partial charge >= 0.3 is 0 Å². The molecule has 8 heteroatoms. The van der Waals surface area contributed by atoms with Crippen LogP contribution in [0.25, 0.3) is 0 Å². The molecule has 0 saturated carbocycles. The Morgan fingerprint density at radius 2 is 2.08 bits per heavy atom. The summed E-state index contributed by atoms with van der Waals surface area (Å²) in [6, 6.07) is 11.7. The molecule has 0 aliphatic carbocycles. The van der Waals surface area contributed by atoms with Crippen LogP contribution in [0.3, 0.4) is 0 Å². The smallest absolute Gasteiger partial charge is 0.206 e. The molecule has 1 aromatic carbocycles. The normalized spacial score (nSPS) is 10.7. The van der Waals surface area contributed by atoms with Gasteiger partial charge in [-0.2, -0.15) is 0 Å². The van der Waals surface area contributed by atoms with Gasteiger partial charge in [0.25, 0.3) is 0 Å². The lowest BCUT2D eigenvalue weighted by molar-refractivity contribution is 0.344. The summed E-state index contributed by atoms with van der Waals surface area (Å²) in [7, 11) is 0. The van der Waals surface area contributed by atoms with Gasteiger partial charge in [-0.05, 0) is 30.0 Å². The molecular weight excluding hydrogens is 382 g/mol. The monoisotopic (exact) mass is 397 g/mol. The van der Waals surface area contributed by atoms with E-state index in [1.54, 1.807) is 34.4 Å². The highest BCUT2D eigenvalue weighted by molar-refractivity contribution is 8.01. The Kier molecular flexibility index (Phi) is 6.77. The van der Waals surface area contributed by atoms with Crippen LogP contribution in [0.2, 0.25) is 5.02 Å². The number of thiophene rings is 1. The molecule has 0 unspecified atom stereocenters. The molecule has 2 aromatic heterocycles. The highest BCUT2D eigenvalue weighted by Gasteiger charge is 2.05. The molecule has 126 valence electrons. The van der Waals surface area contributed by atoms with Crippen molar-refractivity contribution >= 4 is 51.2 Å². The topological polar surface area (TPSA) is 47.0 Å². The maximum atomic E-state index is 6.05. The van der Waals surface area contributed by atoms with Gasteiger partial charge in [0.15, 0.2) is 4.34 Å². The molecule has 0 atom stereocenters. The zero-order valence-electron chi connectivity index (χ0n) is 12.8. The molecule has 0 aliphatic rings. The molecule has 1 N–H and O–H groups in total. The fourth-order valence-corrected chi connectivity index (χ4v) is 4.49. The van der Waals surface area contributed by atoms with Crippen molar-refractivity contribution in [2.75, 3.05) is 24.2 Å². The zero-order valence-corrected chi connectivity index (χ0v) is 16.0. The van der Waals surface area contributed by atoms with E-state index in [4.69, 9.17) is 16.3 Å². The molecular formula is C16H16ClN3OS3. The van der Waals surface area contributed by atoms with Gasteiger partial charge in [-0.3, -0.25) is 0 Å². The van der Waals surface area contributed by atoms with Gasteiger partial charge in [0.05, 0.1) is 11.6 Å². The van der Waals surface area contributed by atoms with Crippen molar-refractivity contribution < 1.29 is 4.74 Å². The van der Waals surface area contributed by atoms with E-state index in [-0.39, 0.29) is 0 Å². The summed E-state index contributed by atoms with van der Waals surface area (Å²) in [6.45, 7) is 1.45. The van der Waals surface area contributed by atoms with Gasteiger partial charge in [-0.1, -0.05) is 52.9 Å². The summed E-state index contributed by atoms with van der Waals surface area (Å²) in [5.74, 6) is 1.52. The molecule has 0 aliphatic heterocycles. The average molecular weight is 398 g/mol. The Balaban J connectivity index is 1.36. The first-order chi connectivity index (χ1) is 11.8. The summed E-state index contributed by atoms with van der Waals surface area (Å²) >= 11 is 11.0. The Morgan fingerprint density at radius 3 is 2.92 bits per heavy atom. The second kappa shape index (κ2) is 9.27. The van der Waals surface area contributed by atoms with Gasteiger partial charge in [0.2, 0.25) is 5.13 Å². The SMILES string of the molecule is Clc1ccccc1OCCSc1nnc(NCCc2cccs2)s1. The van der Waals surface area contributed by atoms with Crippen molar-refractivity contribution in [3.63, 3.8) is 0 Å². The highest BCUT2D eigenvalue weighted by atomic mass is 35.5. The second-order valence-electron chi connectivity index (χ2n) is 4.76. The van der Waals surface area contributed by atoms with Crippen molar-refractivity contribution in [1.82, 2.24) is 10.2 Å². The van der Waals surface area contributed by atoms with Gasteiger partial charge in [-0.25, -0.2) is 0 Å². The van der Waals surface area contributed by atoms with E-state index in [9.17, 15) is 0 Å². The summed E-state index contributed by atoms with van der Waals surface area (Å²) in [5.41, 5.74) is 0. The lowest BCUT2D eigenvalue weighted by Gasteiger charge is -2.06. The molecule has 2 heterocycles. The standard InChI is InChI=1S/C16H16ClN3OS3/c17-13-5-1-2-6-14(13)21-9-11-23-16-20-19-15(24-16)18-8-7-12-4-3-10-22-12/h1-6,10H,7-9,11H2,(H,18,19). The number of rotatable bonds is 9. The molecule has 0 amide bonds. The number of halogens is 1. The average Bonchev–Trinajstić information content (AvgIpc) is 3.25. The number of nitrogens with zero attached hydrogens (tertiary/aromatic N) is 2. The van der Waals surface area contributed by atoms with Crippen LogP contribution in [0.1, 0.15) is 4.88 Å². The largest absolute Gasteiger partial charge is 0.491 e. The molecule has 3 rings (SSSR count). The van der Waals surface area contributed by atoms with E-state index in [2.05, 4.69) is 33.0 Å². The van der Waals surface area contributed by atoms with E-state index >= 15 is 0 Å². The van der Waals surface area contributed by atoms with Gasteiger partial charge < -0.3 is 10.1 Å². The number of aromatic nitrogens is 2. The van der Waals surface area contributed by atoms with Crippen molar-refractivity contribution in [2.24, 2.45) is 0 Å². The summed E-state index contributed by atoms with van der Waals surface area (Å²) < 4.78 is 6.60. The number of thioether (sulfide) groups is 1. The van der Waals surface area contributed by atoms with E-state index < -0.39 is 0 Å². The molecule has 0 saturated heterocycles. The number of hydrogen-bond donors (Lipinski definition) is 1. The molecule has 24 heavy (non-hydrogen) atoms. The predicted octanol–water partition coefficient (Wildman–Crippen LogP) is 5.08. The first-order valence-corrected chi connectivity index (χ1v) is 10.5. The fourth-order valence-electron chi connectivity index (χ4n) is 1.93. The van der Waals surface area contributed by atoms with E-state index in [0.717, 1.165) is 28.2 Å².